The SMILES string of the molecule is Cc1nn(C)c(C)c1N=C=S. The van der Waals surface area contributed by atoms with E-state index in [9.17, 15) is 0 Å². The number of aromatic nitrogens is 2. The highest BCUT2D eigenvalue weighted by atomic mass is 32.1. The maximum absolute atomic E-state index is 4.51. The summed E-state index contributed by atoms with van der Waals surface area (Å²) in [6.45, 7) is 3.85. The summed E-state index contributed by atoms with van der Waals surface area (Å²) in [5, 5.41) is 6.50. The van der Waals surface area contributed by atoms with Crippen LogP contribution in [0.5, 0.6) is 0 Å². The van der Waals surface area contributed by atoms with Gasteiger partial charge in [0, 0.05) is 7.05 Å². The van der Waals surface area contributed by atoms with Crippen LogP contribution in [-0.4, -0.2) is 14.9 Å². The molecule has 1 heterocycles. The van der Waals surface area contributed by atoms with Crippen molar-refractivity contribution in [1.82, 2.24) is 9.78 Å². The van der Waals surface area contributed by atoms with Crippen molar-refractivity contribution in [2.45, 2.75) is 13.8 Å². The van der Waals surface area contributed by atoms with E-state index in [1.165, 1.54) is 0 Å². The smallest absolute Gasteiger partial charge is 0.118 e. The zero-order chi connectivity index (χ0) is 8.43. The van der Waals surface area contributed by atoms with E-state index in [1.807, 2.05) is 20.9 Å². The van der Waals surface area contributed by atoms with Crippen molar-refractivity contribution < 1.29 is 0 Å². The molecule has 0 amide bonds. The highest BCUT2D eigenvalue weighted by molar-refractivity contribution is 7.78. The molecule has 0 aliphatic rings. The zero-order valence-corrected chi connectivity index (χ0v) is 7.57. The van der Waals surface area contributed by atoms with Crippen molar-refractivity contribution >= 4 is 23.1 Å². The Labute approximate surface area is 70.8 Å². The third-order valence-corrected chi connectivity index (χ3v) is 1.72. The van der Waals surface area contributed by atoms with Gasteiger partial charge >= 0.3 is 0 Å². The topological polar surface area (TPSA) is 30.2 Å². The molecule has 0 N–H and O–H groups in total. The molecule has 0 aromatic carbocycles. The molecular formula is C7H9N3S. The lowest BCUT2D eigenvalue weighted by Gasteiger charge is -1.90. The third kappa shape index (κ3) is 1.37. The average Bonchev–Trinajstić information content (AvgIpc) is 2.17. The highest BCUT2D eigenvalue weighted by Crippen LogP contribution is 2.20. The van der Waals surface area contributed by atoms with Crippen molar-refractivity contribution in [2.75, 3.05) is 0 Å². The van der Waals surface area contributed by atoms with Crippen LogP contribution < -0.4 is 0 Å². The minimum Gasteiger partial charge on any atom is -0.270 e. The van der Waals surface area contributed by atoms with E-state index in [1.54, 1.807) is 4.68 Å². The Morgan fingerprint density at radius 1 is 1.55 bits per heavy atom. The summed E-state index contributed by atoms with van der Waals surface area (Å²) < 4.78 is 1.78. The van der Waals surface area contributed by atoms with E-state index < -0.39 is 0 Å². The van der Waals surface area contributed by atoms with Crippen molar-refractivity contribution in [3.8, 4) is 0 Å². The van der Waals surface area contributed by atoms with Crippen molar-refractivity contribution in [3.63, 3.8) is 0 Å². The summed E-state index contributed by atoms with van der Waals surface area (Å²) in [6, 6.07) is 0. The van der Waals surface area contributed by atoms with Crippen LogP contribution in [0.15, 0.2) is 4.99 Å². The summed E-state index contributed by atoms with van der Waals surface area (Å²) in [4.78, 5) is 3.91. The molecule has 0 fully saturated rings. The minimum absolute atomic E-state index is 0.836. The van der Waals surface area contributed by atoms with E-state index in [2.05, 4.69) is 27.5 Å². The van der Waals surface area contributed by atoms with Gasteiger partial charge in [-0.3, -0.25) is 4.68 Å². The molecule has 4 heteroatoms. The molecule has 0 unspecified atom stereocenters. The molecule has 0 aliphatic carbocycles. The molecular weight excluding hydrogens is 158 g/mol. The first-order valence-electron chi connectivity index (χ1n) is 3.25. The van der Waals surface area contributed by atoms with Crippen molar-refractivity contribution in [3.05, 3.63) is 11.4 Å². The Balaban J connectivity index is 3.33. The number of hydrogen-bond donors (Lipinski definition) is 0. The van der Waals surface area contributed by atoms with Crippen LogP contribution in [0.4, 0.5) is 5.69 Å². The van der Waals surface area contributed by atoms with Gasteiger partial charge in [0.15, 0.2) is 0 Å². The average molecular weight is 167 g/mol. The summed E-state index contributed by atoms with van der Waals surface area (Å²) in [5.74, 6) is 0. The van der Waals surface area contributed by atoms with Gasteiger partial charge in [-0.05, 0) is 26.1 Å². The van der Waals surface area contributed by atoms with Gasteiger partial charge in [0.25, 0.3) is 0 Å². The van der Waals surface area contributed by atoms with E-state index in [-0.39, 0.29) is 0 Å². The molecule has 11 heavy (non-hydrogen) atoms. The normalized spacial score (nSPS) is 9.36. The molecule has 1 rings (SSSR count). The van der Waals surface area contributed by atoms with Gasteiger partial charge < -0.3 is 0 Å². The number of aryl methyl sites for hydroxylation is 2. The van der Waals surface area contributed by atoms with Crippen molar-refractivity contribution in [2.24, 2.45) is 12.0 Å². The second kappa shape index (κ2) is 2.95. The van der Waals surface area contributed by atoms with Crippen LogP contribution in [-0.2, 0) is 7.05 Å². The van der Waals surface area contributed by atoms with Gasteiger partial charge in [0.1, 0.15) is 5.69 Å². The highest BCUT2D eigenvalue weighted by Gasteiger charge is 2.06. The zero-order valence-electron chi connectivity index (χ0n) is 6.75. The molecule has 0 bridgehead atoms. The Morgan fingerprint density at radius 3 is 2.55 bits per heavy atom. The maximum atomic E-state index is 4.51. The molecule has 0 aliphatic heterocycles. The number of thiocarbonyl (C=S) groups is 1. The maximum Gasteiger partial charge on any atom is 0.118 e. The standard InChI is InChI=1S/C7H9N3S/c1-5-7(8-4-11)6(2)10(3)9-5/h1-3H3. The molecule has 3 nitrogen and oxygen atoms in total. The molecule has 0 radical (unpaired) electrons. The fourth-order valence-corrected chi connectivity index (χ4v) is 1.06. The van der Waals surface area contributed by atoms with E-state index in [4.69, 9.17) is 0 Å². The van der Waals surface area contributed by atoms with E-state index >= 15 is 0 Å². The van der Waals surface area contributed by atoms with Crippen LogP contribution in [0.2, 0.25) is 0 Å². The molecule has 1 aromatic rings. The predicted molar refractivity (Wildman–Crippen MR) is 47.4 cm³/mol. The first-order chi connectivity index (χ1) is 5.16. The largest absolute Gasteiger partial charge is 0.270 e. The number of nitrogens with zero attached hydrogens (tertiary/aromatic N) is 3. The molecule has 1 aromatic heterocycles. The number of isothiocyanates is 1. The van der Waals surface area contributed by atoms with Gasteiger partial charge in [-0.2, -0.15) is 10.1 Å². The van der Waals surface area contributed by atoms with Gasteiger partial charge in [0.2, 0.25) is 0 Å². The first kappa shape index (κ1) is 8.11. The summed E-state index contributed by atoms with van der Waals surface area (Å²) in [7, 11) is 1.88. The summed E-state index contributed by atoms with van der Waals surface area (Å²) >= 11 is 4.51. The van der Waals surface area contributed by atoms with Gasteiger partial charge in [0.05, 0.1) is 16.5 Å². The molecule has 0 spiro atoms. The van der Waals surface area contributed by atoms with Crippen LogP contribution >= 0.6 is 12.2 Å². The summed E-state index contributed by atoms with van der Waals surface area (Å²) in [6.07, 6.45) is 0. The number of aliphatic imine (C=N–C) groups is 1. The van der Waals surface area contributed by atoms with Crippen molar-refractivity contribution in [1.29, 1.82) is 0 Å². The molecule has 58 valence electrons. The van der Waals surface area contributed by atoms with Crippen LogP contribution in [0.1, 0.15) is 11.4 Å². The molecule has 0 saturated carbocycles. The van der Waals surface area contributed by atoms with Gasteiger partial charge in [-0.25, -0.2) is 0 Å². The lowest BCUT2D eigenvalue weighted by molar-refractivity contribution is 0.731. The lowest BCUT2D eigenvalue weighted by atomic mass is 10.3. The fraction of sp³-hybridized carbons (Fsp3) is 0.429. The quantitative estimate of drug-likeness (QED) is 0.471. The second-order valence-corrected chi connectivity index (χ2v) is 2.53. The van der Waals surface area contributed by atoms with E-state index in [0.29, 0.717) is 0 Å². The van der Waals surface area contributed by atoms with E-state index in [0.717, 1.165) is 17.1 Å². The lowest BCUT2D eigenvalue weighted by Crippen LogP contribution is -1.91. The Hall–Kier alpha value is -0.990. The minimum atomic E-state index is 0.836. The first-order valence-corrected chi connectivity index (χ1v) is 3.65. The molecule has 0 saturated heterocycles. The third-order valence-electron chi connectivity index (χ3n) is 1.63. The Morgan fingerprint density at radius 2 is 2.18 bits per heavy atom. The van der Waals surface area contributed by atoms with Crippen LogP contribution in [0, 0.1) is 13.8 Å². The van der Waals surface area contributed by atoms with Crippen LogP contribution in [0.3, 0.4) is 0 Å². The van der Waals surface area contributed by atoms with Gasteiger partial charge in [-0.1, -0.05) is 0 Å². The number of rotatable bonds is 1. The fourth-order valence-electron chi connectivity index (χ4n) is 0.970. The Kier molecular flexibility index (Phi) is 2.17. The monoisotopic (exact) mass is 167 g/mol. The summed E-state index contributed by atoms with van der Waals surface area (Å²) in [5.41, 5.74) is 2.74. The predicted octanol–water partition coefficient (Wildman–Crippen LogP) is 1.77. The van der Waals surface area contributed by atoms with Crippen LogP contribution in [0.25, 0.3) is 0 Å². The Bertz CT molecular complexity index is 321. The van der Waals surface area contributed by atoms with Gasteiger partial charge in [-0.15, -0.1) is 0 Å². The molecule has 0 atom stereocenters. The number of hydrogen-bond acceptors (Lipinski definition) is 3. The second-order valence-electron chi connectivity index (χ2n) is 2.35.